The van der Waals surface area contributed by atoms with Crippen LogP contribution in [0.1, 0.15) is 25.7 Å². The van der Waals surface area contributed by atoms with Gasteiger partial charge in [-0.2, -0.15) is 0 Å². The second-order valence-electron chi connectivity index (χ2n) is 4.80. The molecular formula is C12H18F2N4O. The van der Waals surface area contributed by atoms with E-state index in [1.54, 1.807) is 11.9 Å². The van der Waals surface area contributed by atoms with E-state index >= 15 is 0 Å². The van der Waals surface area contributed by atoms with Crippen molar-refractivity contribution in [3.05, 3.63) is 17.7 Å². The number of hydrogen-bond acceptors (Lipinski definition) is 5. The maximum absolute atomic E-state index is 13.8. The molecule has 106 valence electrons. The highest BCUT2D eigenvalue weighted by Gasteiger charge is 2.29. The minimum Gasteiger partial charge on any atom is -0.391 e. The number of likely N-dealkylation sites (N-methyl/N-ethyl adjacent to an activating group) is 1. The molecule has 2 atom stereocenters. The number of hydrazine groups is 1. The number of nitrogens with one attached hydrogen (secondary N) is 1. The maximum atomic E-state index is 13.8. The number of aromatic nitrogens is 1. The van der Waals surface area contributed by atoms with Crippen molar-refractivity contribution in [1.29, 1.82) is 0 Å². The Morgan fingerprint density at radius 2 is 2.05 bits per heavy atom. The number of nitrogens with two attached hydrogens (primary N) is 1. The molecule has 1 saturated carbocycles. The highest BCUT2D eigenvalue weighted by Crippen LogP contribution is 2.28. The molecule has 1 fully saturated rings. The molecule has 1 aliphatic carbocycles. The molecule has 0 amide bonds. The summed E-state index contributed by atoms with van der Waals surface area (Å²) in [6.45, 7) is 0. The Hall–Kier alpha value is -1.47. The van der Waals surface area contributed by atoms with E-state index in [9.17, 15) is 13.9 Å². The van der Waals surface area contributed by atoms with Crippen LogP contribution in [0.5, 0.6) is 0 Å². The summed E-state index contributed by atoms with van der Waals surface area (Å²) in [5, 5.41) is 9.97. The van der Waals surface area contributed by atoms with Gasteiger partial charge in [0.25, 0.3) is 0 Å². The predicted octanol–water partition coefficient (Wildman–Crippen LogP) is 1.39. The van der Waals surface area contributed by atoms with Crippen molar-refractivity contribution in [2.45, 2.75) is 37.8 Å². The predicted molar refractivity (Wildman–Crippen MR) is 68.6 cm³/mol. The molecule has 2 rings (SSSR count). The van der Waals surface area contributed by atoms with Gasteiger partial charge in [-0.25, -0.2) is 19.6 Å². The Kier molecular flexibility index (Phi) is 4.16. The zero-order valence-corrected chi connectivity index (χ0v) is 10.7. The monoisotopic (exact) mass is 272 g/mol. The molecule has 0 bridgehead atoms. The molecule has 2 unspecified atom stereocenters. The van der Waals surface area contributed by atoms with E-state index in [2.05, 4.69) is 10.4 Å². The smallest absolute Gasteiger partial charge is 0.178 e. The topological polar surface area (TPSA) is 74.4 Å². The van der Waals surface area contributed by atoms with Gasteiger partial charge >= 0.3 is 0 Å². The summed E-state index contributed by atoms with van der Waals surface area (Å²) in [4.78, 5) is 5.38. The number of aliphatic hydroxyl groups excluding tert-OH is 1. The number of nitrogen functional groups attached to an aromatic ring is 1. The molecule has 19 heavy (non-hydrogen) atoms. The van der Waals surface area contributed by atoms with E-state index in [1.165, 1.54) is 0 Å². The van der Waals surface area contributed by atoms with Gasteiger partial charge < -0.3 is 15.4 Å². The maximum Gasteiger partial charge on any atom is 0.178 e. The standard InChI is InChI=1S/C12H18F2N4O/c1-18(9-4-2-3-5-10(9)19)12-8(14)6-7(13)11(16-12)17-15/h6,9-10,19H,2-5,15H2,1H3,(H,16,17). The van der Waals surface area contributed by atoms with E-state index in [0.29, 0.717) is 6.42 Å². The molecule has 0 spiro atoms. The molecule has 5 nitrogen and oxygen atoms in total. The van der Waals surface area contributed by atoms with Crippen LogP contribution in [-0.4, -0.2) is 29.3 Å². The average Bonchev–Trinajstić information content (AvgIpc) is 2.39. The number of anilines is 2. The van der Waals surface area contributed by atoms with Gasteiger partial charge in [-0.3, -0.25) is 0 Å². The second kappa shape index (κ2) is 5.66. The SMILES string of the molecule is CN(c1nc(NN)c(F)cc1F)C1CCCCC1O. The van der Waals surface area contributed by atoms with E-state index in [-0.39, 0.29) is 17.7 Å². The van der Waals surface area contributed by atoms with Crippen LogP contribution in [-0.2, 0) is 0 Å². The van der Waals surface area contributed by atoms with Crippen LogP contribution in [0.3, 0.4) is 0 Å². The Bertz CT molecular complexity index is 458. The molecule has 1 aromatic heterocycles. The normalized spacial score (nSPS) is 23.2. The quantitative estimate of drug-likeness (QED) is 0.572. The Morgan fingerprint density at radius 3 is 2.68 bits per heavy atom. The van der Waals surface area contributed by atoms with Gasteiger partial charge in [0.15, 0.2) is 23.3 Å². The van der Waals surface area contributed by atoms with Gasteiger partial charge in [-0.05, 0) is 12.8 Å². The summed E-state index contributed by atoms with van der Waals surface area (Å²) in [5.74, 6) is 3.29. The first kappa shape index (κ1) is 14.0. The Balaban J connectivity index is 2.29. The highest BCUT2D eigenvalue weighted by molar-refractivity contribution is 5.49. The fraction of sp³-hybridized carbons (Fsp3) is 0.583. The fourth-order valence-electron chi connectivity index (χ4n) is 2.51. The van der Waals surface area contributed by atoms with Gasteiger partial charge in [0.1, 0.15) is 0 Å². The molecule has 1 aliphatic rings. The van der Waals surface area contributed by atoms with Crippen LogP contribution >= 0.6 is 0 Å². The van der Waals surface area contributed by atoms with Gasteiger partial charge in [-0.15, -0.1) is 0 Å². The minimum atomic E-state index is -0.846. The van der Waals surface area contributed by atoms with Crippen LogP contribution in [0.15, 0.2) is 6.07 Å². The van der Waals surface area contributed by atoms with Crippen molar-refractivity contribution < 1.29 is 13.9 Å². The van der Waals surface area contributed by atoms with Gasteiger partial charge in [-0.1, -0.05) is 12.8 Å². The molecular weight excluding hydrogens is 254 g/mol. The third-order valence-corrected chi connectivity index (χ3v) is 3.57. The van der Waals surface area contributed by atoms with Crippen molar-refractivity contribution in [1.82, 2.24) is 4.98 Å². The summed E-state index contributed by atoms with van der Waals surface area (Å²) in [6.07, 6.45) is 2.83. The third kappa shape index (κ3) is 2.76. The minimum absolute atomic E-state index is 0.0136. The van der Waals surface area contributed by atoms with Crippen molar-refractivity contribution in [2.24, 2.45) is 5.84 Å². The lowest BCUT2D eigenvalue weighted by molar-refractivity contribution is 0.105. The molecule has 4 N–H and O–H groups in total. The lowest BCUT2D eigenvalue weighted by Crippen LogP contribution is -2.44. The number of nitrogens with zero attached hydrogens (tertiary/aromatic N) is 2. The lowest BCUT2D eigenvalue weighted by atomic mass is 9.91. The van der Waals surface area contributed by atoms with Crippen LogP contribution in [0, 0.1) is 11.6 Å². The zero-order valence-electron chi connectivity index (χ0n) is 10.7. The molecule has 0 radical (unpaired) electrons. The van der Waals surface area contributed by atoms with Crippen molar-refractivity contribution >= 4 is 11.6 Å². The summed E-state index contributed by atoms with van der Waals surface area (Å²) in [6, 6.07) is 0.523. The highest BCUT2D eigenvalue weighted by atomic mass is 19.1. The molecule has 0 saturated heterocycles. The Morgan fingerprint density at radius 1 is 1.37 bits per heavy atom. The number of hydrogen-bond donors (Lipinski definition) is 3. The number of halogens is 2. The molecule has 7 heteroatoms. The summed E-state index contributed by atoms with van der Waals surface area (Å²) >= 11 is 0. The third-order valence-electron chi connectivity index (χ3n) is 3.57. The molecule has 0 aliphatic heterocycles. The van der Waals surface area contributed by atoms with E-state index < -0.39 is 17.7 Å². The first-order valence-electron chi connectivity index (χ1n) is 6.28. The molecule has 1 aromatic rings. The Labute approximate surface area is 110 Å². The number of pyridine rings is 1. The van der Waals surface area contributed by atoms with Crippen LogP contribution < -0.4 is 16.2 Å². The summed E-state index contributed by atoms with van der Waals surface area (Å²) in [5.41, 5.74) is 2.09. The van der Waals surface area contributed by atoms with Crippen molar-refractivity contribution in [3.8, 4) is 0 Å². The van der Waals surface area contributed by atoms with Crippen LogP contribution in [0.25, 0.3) is 0 Å². The first-order valence-corrected chi connectivity index (χ1v) is 6.28. The van der Waals surface area contributed by atoms with Gasteiger partial charge in [0.05, 0.1) is 12.1 Å². The second-order valence-corrected chi connectivity index (χ2v) is 4.80. The average molecular weight is 272 g/mol. The van der Waals surface area contributed by atoms with Crippen LogP contribution in [0.4, 0.5) is 20.4 Å². The largest absolute Gasteiger partial charge is 0.391 e. The lowest BCUT2D eigenvalue weighted by Gasteiger charge is -2.36. The van der Waals surface area contributed by atoms with Gasteiger partial charge in [0, 0.05) is 13.1 Å². The van der Waals surface area contributed by atoms with Crippen molar-refractivity contribution in [3.63, 3.8) is 0 Å². The van der Waals surface area contributed by atoms with Crippen LogP contribution in [0.2, 0.25) is 0 Å². The molecule has 1 heterocycles. The van der Waals surface area contributed by atoms with E-state index in [1.807, 2.05) is 0 Å². The number of rotatable bonds is 3. The number of aliphatic hydroxyl groups is 1. The van der Waals surface area contributed by atoms with Crippen molar-refractivity contribution in [2.75, 3.05) is 17.4 Å². The fourth-order valence-corrected chi connectivity index (χ4v) is 2.51. The van der Waals surface area contributed by atoms with E-state index in [0.717, 1.165) is 25.3 Å². The van der Waals surface area contributed by atoms with Gasteiger partial charge in [0.2, 0.25) is 0 Å². The summed E-state index contributed by atoms with van der Waals surface area (Å²) in [7, 11) is 1.64. The summed E-state index contributed by atoms with van der Waals surface area (Å²) < 4.78 is 27.1. The first-order chi connectivity index (χ1) is 9.04. The zero-order chi connectivity index (χ0) is 14.0. The van der Waals surface area contributed by atoms with E-state index in [4.69, 9.17) is 5.84 Å². The molecule has 0 aromatic carbocycles.